The summed E-state index contributed by atoms with van der Waals surface area (Å²) in [6.07, 6.45) is 20.6. The molecule has 1 aliphatic carbocycles. The van der Waals surface area contributed by atoms with Crippen LogP contribution in [0.2, 0.25) is 0 Å². The molecule has 0 aromatic rings. The van der Waals surface area contributed by atoms with E-state index in [0.29, 0.717) is 24.0 Å². The lowest BCUT2D eigenvalue weighted by molar-refractivity contribution is 0.135. The minimum absolute atomic E-state index is 0.183. The lowest BCUT2D eigenvalue weighted by atomic mass is 9.85. The number of allylic oxidation sites excluding steroid dienone is 1. The van der Waals surface area contributed by atoms with Gasteiger partial charge < -0.3 is 8.37 Å². The molecule has 2 nitrogen and oxygen atoms in total. The Labute approximate surface area is 193 Å². The minimum Gasteiger partial charge on any atom is -0.333 e. The summed E-state index contributed by atoms with van der Waals surface area (Å²) < 4.78 is 14.4. The van der Waals surface area contributed by atoms with Gasteiger partial charge in [-0.2, -0.15) is 0 Å². The third-order valence-corrected chi connectivity index (χ3v) is 14.8. The smallest absolute Gasteiger partial charge is 0.0758 e. The highest BCUT2D eigenvalue weighted by atomic mass is 32.3. The van der Waals surface area contributed by atoms with Gasteiger partial charge in [-0.1, -0.05) is 73.8 Å². The Bertz CT molecular complexity index is 528. The number of hydrogen-bond acceptors (Lipinski definition) is 2. The molecule has 182 valence electrons. The Hall–Kier alpha value is 0.360. The summed E-state index contributed by atoms with van der Waals surface area (Å²) in [5.74, 6) is 1.18. The van der Waals surface area contributed by atoms with E-state index in [0.717, 1.165) is 12.8 Å². The van der Waals surface area contributed by atoms with Crippen molar-refractivity contribution in [2.45, 2.75) is 115 Å². The van der Waals surface area contributed by atoms with Crippen molar-refractivity contribution in [1.29, 1.82) is 0 Å². The Morgan fingerprint density at radius 1 is 0.800 bits per heavy atom. The van der Waals surface area contributed by atoms with E-state index in [-0.39, 0.29) is 9.49 Å². The van der Waals surface area contributed by atoms with Crippen LogP contribution < -0.4 is 0 Å². The summed E-state index contributed by atoms with van der Waals surface area (Å²) in [5, 5.41) is 0. The molecule has 1 saturated carbocycles. The van der Waals surface area contributed by atoms with Crippen LogP contribution in [0, 0.1) is 11.8 Å². The Balaban J connectivity index is 3.19. The first kappa shape index (κ1) is 28.4. The quantitative estimate of drug-likeness (QED) is 0.226. The van der Waals surface area contributed by atoms with Crippen LogP contribution in [-0.2, 0) is 8.37 Å². The molecule has 1 fully saturated rings. The summed E-state index contributed by atoms with van der Waals surface area (Å²) in [6.45, 7) is 20.3. The van der Waals surface area contributed by atoms with Gasteiger partial charge in [0.1, 0.15) is 0 Å². The average molecular weight is 463 g/mol. The lowest BCUT2D eigenvalue weighted by Gasteiger charge is -2.47. The second-order valence-corrected chi connectivity index (χ2v) is 19.7. The van der Waals surface area contributed by atoms with Gasteiger partial charge in [0.05, 0.1) is 12.2 Å². The van der Waals surface area contributed by atoms with Crippen LogP contribution in [-0.4, -0.2) is 46.7 Å². The highest BCUT2D eigenvalue weighted by molar-refractivity contribution is 8.30. The number of hydrogen-bond donors (Lipinski definition) is 0. The second-order valence-electron chi connectivity index (χ2n) is 11.9. The maximum absolute atomic E-state index is 7.03. The van der Waals surface area contributed by atoms with E-state index >= 15 is 0 Å². The van der Waals surface area contributed by atoms with Gasteiger partial charge in [0.2, 0.25) is 0 Å². The zero-order valence-electron chi connectivity index (χ0n) is 22.2. The molecule has 0 spiro atoms. The van der Waals surface area contributed by atoms with E-state index in [1.54, 1.807) is 0 Å². The van der Waals surface area contributed by atoms with Gasteiger partial charge in [-0.3, -0.25) is 0 Å². The van der Waals surface area contributed by atoms with Crippen molar-refractivity contribution in [1.82, 2.24) is 0 Å². The second kappa shape index (κ2) is 11.0. The highest BCUT2D eigenvalue weighted by Gasteiger charge is 2.48. The first-order chi connectivity index (χ1) is 13.6. The molecule has 0 radical (unpaired) electrons. The Morgan fingerprint density at radius 3 is 1.60 bits per heavy atom. The normalized spacial score (nSPS) is 27.3. The van der Waals surface area contributed by atoms with Crippen LogP contribution in [0.4, 0.5) is 0 Å². The molecule has 0 N–H and O–H groups in total. The van der Waals surface area contributed by atoms with Gasteiger partial charge in [-0.25, -0.2) is 0 Å². The lowest BCUT2D eigenvalue weighted by Crippen LogP contribution is -2.32. The van der Waals surface area contributed by atoms with Gasteiger partial charge in [-0.05, 0) is 56.1 Å². The minimum atomic E-state index is -1.16. The summed E-state index contributed by atoms with van der Waals surface area (Å²) in [5.41, 5.74) is 0. The molecule has 0 heterocycles. The molecular weight excluding hydrogens is 408 g/mol. The zero-order chi connectivity index (χ0) is 23.4. The van der Waals surface area contributed by atoms with Crippen LogP contribution in [0.3, 0.4) is 0 Å². The van der Waals surface area contributed by atoms with Crippen LogP contribution in [0.15, 0.2) is 12.7 Å². The third-order valence-electron chi connectivity index (χ3n) is 7.49. The molecule has 4 heteroatoms. The molecular formula is C26H54O2S2. The van der Waals surface area contributed by atoms with Gasteiger partial charge in [0.25, 0.3) is 0 Å². The average Bonchev–Trinajstić information content (AvgIpc) is 2.86. The number of rotatable bonds is 11. The zero-order valence-corrected chi connectivity index (χ0v) is 23.8. The monoisotopic (exact) mass is 462 g/mol. The summed E-state index contributed by atoms with van der Waals surface area (Å²) >= 11 is 0. The Kier molecular flexibility index (Phi) is 10.4. The number of unbranched alkanes of at least 4 members (excludes halogenated alkanes) is 2. The maximum atomic E-state index is 7.03. The van der Waals surface area contributed by atoms with Crippen LogP contribution >= 0.6 is 20.6 Å². The Morgan fingerprint density at radius 2 is 1.23 bits per heavy atom. The largest absolute Gasteiger partial charge is 0.333 e. The predicted octanol–water partition coefficient (Wildman–Crippen LogP) is 8.49. The molecule has 2 unspecified atom stereocenters. The van der Waals surface area contributed by atoms with Crippen molar-refractivity contribution in [3.05, 3.63) is 12.7 Å². The fourth-order valence-corrected chi connectivity index (χ4v) is 6.25. The van der Waals surface area contributed by atoms with E-state index in [9.17, 15) is 0 Å². The first-order valence-electron chi connectivity index (χ1n) is 12.0. The van der Waals surface area contributed by atoms with Gasteiger partial charge in [0, 0.05) is 15.9 Å². The van der Waals surface area contributed by atoms with E-state index in [1.165, 1.54) is 32.1 Å². The standard InChI is InChI=1S/C26H54O2S2/c1-13-15-17-19-22-21(18-16-14-2)23(27-29(9,10)25(3,4)5)20-24(22)28-30(11,12)26(6,7)8/h14,21-24H,2,13,15-20H2,1,3-12H3/t21-,22-,23?,24?/m1/s1. The van der Waals surface area contributed by atoms with Crippen LogP contribution in [0.25, 0.3) is 0 Å². The van der Waals surface area contributed by atoms with E-state index in [2.05, 4.69) is 86.1 Å². The first-order valence-corrected chi connectivity index (χ1v) is 16.8. The molecule has 30 heavy (non-hydrogen) atoms. The van der Waals surface area contributed by atoms with E-state index < -0.39 is 20.6 Å². The van der Waals surface area contributed by atoms with E-state index in [4.69, 9.17) is 8.37 Å². The molecule has 0 saturated heterocycles. The maximum Gasteiger partial charge on any atom is 0.0758 e. The van der Waals surface area contributed by atoms with Crippen molar-refractivity contribution in [3.8, 4) is 0 Å². The van der Waals surface area contributed by atoms with Crippen LogP contribution in [0.1, 0.15) is 93.4 Å². The van der Waals surface area contributed by atoms with E-state index in [1.807, 2.05) is 0 Å². The summed E-state index contributed by atoms with van der Waals surface area (Å²) in [6, 6.07) is 0. The molecule has 4 atom stereocenters. The molecule has 0 aromatic heterocycles. The summed E-state index contributed by atoms with van der Waals surface area (Å²) in [4.78, 5) is 0. The van der Waals surface area contributed by atoms with Crippen molar-refractivity contribution in [2.75, 3.05) is 25.0 Å². The van der Waals surface area contributed by atoms with Crippen molar-refractivity contribution < 1.29 is 8.37 Å². The fourth-order valence-electron chi connectivity index (χ4n) is 4.00. The van der Waals surface area contributed by atoms with Gasteiger partial charge >= 0.3 is 0 Å². The summed E-state index contributed by atoms with van der Waals surface area (Å²) in [7, 11) is -2.31. The topological polar surface area (TPSA) is 18.5 Å². The van der Waals surface area contributed by atoms with Crippen molar-refractivity contribution in [2.24, 2.45) is 11.8 Å². The molecule has 1 rings (SSSR count). The van der Waals surface area contributed by atoms with Crippen molar-refractivity contribution in [3.63, 3.8) is 0 Å². The van der Waals surface area contributed by atoms with Gasteiger partial charge in [-0.15, -0.1) is 27.2 Å². The predicted molar refractivity (Wildman–Crippen MR) is 143 cm³/mol. The molecule has 1 aliphatic rings. The third kappa shape index (κ3) is 7.46. The molecule has 0 aromatic carbocycles. The molecule has 0 aliphatic heterocycles. The van der Waals surface area contributed by atoms with Crippen molar-refractivity contribution >= 4 is 20.6 Å². The SMILES string of the molecule is C=CCC[C@H]1C(OS(C)(C)C(C)(C)C)CC(OS(C)(C)C(C)(C)C)[C@@H]1CCCCC. The molecule has 0 amide bonds. The van der Waals surface area contributed by atoms with Crippen LogP contribution in [0.5, 0.6) is 0 Å². The van der Waals surface area contributed by atoms with Gasteiger partial charge in [0.15, 0.2) is 0 Å². The highest BCUT2D eigenvalue weighted by Crippen LogP contribution is 2.61. The molecule has 0 bridgehead atoms. The fraction of sp³-hybridized carbons (Fsp3) is 0.923.